The van der Waals surface area contributed by atoms with E-state index >= 15 is 0 Å². The van der Waals surface area contributed by atoms with Crippen LogP contribution in [-0.4, -0.2) is 18.5 Å². The number of amides is 1. The molecule has 1 N–H and O–H groups in total. The fourth-order valence-electron chi connectivity index (χ4n) is 7.15. The van der Waals surface area contributed by atoms with Gasteiger partial charge in [-0.15, -0.1) is 0 Å². The number of benzene rings is 1. The van der Waals surface area contributed by atoms with Crippen molar-refractivity contribution in [2.75, 3.05) is 6.61 Å². The van der Waals surface area contributed by atoms with Gasteiger partial charge in [-0.25, -0.2) is 0 Å². The lowest BCUT2D eigenvalue weighted by Crippen LogP contribution is -2.47. The molecule has 6 rings (SSSR count). The molecule has 0 aromatic heterocycles. The minimum Gasteiger partial charge on any atom is -0.456 e. The van der Waals surface area contributed by atoms with E-state index in [1.165, 1.54) is 49.7 Å². The number of hydrogen-bond acceptors (Lipinski definition) is 3. The highest BCUT2D eigenvalue weighted by Gasteiger charge is 2.51. The molecular formula is C24H31NO3. The molecule has 0 aliphatic heterocycles. The zero-order chi connectivity index (χ0) is 19.1. The van der Waals surface area contributed by atoms with Crippen molar-refractivity contribution < 1.29 is 14.3 Å². The molecular weight excluding hydrogens is 350 g/mol. The summed E-state index contributed by atoms with van der Waals surface area (Å²) in [6, 6.07) is 8.35. The highest BCUT2D eigenvalue weighted by atomic mass is 16.5. The largest absolute Gasteiger partial charge is 0.456 e. The smallest absolute Gasteiger partial charge is 0.306 e. The van der Waals surface area contributed by atoms with Gasteiger partial charge in [-0.05, 0) is 92.1 Å². The molecule has 150 valence electrons. The summed E-state index contributed by atoms with van der Waals surface area (Å²) in [5.74, 6) is 2.12. The summed E-state index contributed by atoms with van der Waals surface area (Å²) in [6.45, 7) is -0.149. The third-order valence-corrected chi connectivity index (χ3v) is 7.75. The molecule has 0 saturated heterocycles. The van der Waals surface area contributed by atoms with Crippen LogP contribution in [0.5, 0.6) is 0 Å². The SMILES string of the molecule is O=C(COC(=O)CC12CC3CC(CC(C3)C1)C2)N[C@@H]1CCCc2ccccc21. The maximum absolute atomic E-state index is 12.5. The van der Waals surface area contributed by atoms with Gasteiger partial charge in [-0.2, -0.15) is 0 Å². The second kappa shape index (κ2) is 7.20. The molecule has 0 spiro atoms. The standard InChI is InChI=1S/C24H31NO3/c26-22(25-21-7-3-5-19-4-1-2-6-20(19)21)15-28-23(27)14-24-11-16-8-17(12-24)10-18(9-16)13-24/h1-2,4,6,16-18,21H,3,5,7-15H2,(H,25,26)/t16?,17?,18?,21-,24?/m1/s1. The first kappa shape index (κ1) is 18.2. The second-order valence-corrected chi connectivity index (χ2v) is 9.97. The van der Waals surface area contributed by atoms with Crippen molar-refractivity contribution in [2.45, 2.75) is 70.3 Å². The first-order valence-corrected chi connectivity index (χ1v) is 11.1. The van der Waals surface area contributed by atoms with Gasteiger partial charge in [0.05, 0.1) is 12.5 Å². The predicted molar refractivity (Wildman–Crippen MR) is 106 cm³/mol. The van der Waals surface area contributed by atoms with E-state index in [-0.39, 0.29) is 29.9 Å². The molecule has 1 aromatic carbocycles. The van der Waals surface area contributed by atoms with Gasteiger partial charge in [0.1, 0.15) is 0 Å². The van der Waals surface area contributed by atoms with Gasteiger partial charge >= 0.3 is 5.97 Å². The second-order valence-electron chi connectivity index (χ2n) is 9.97. The van der Waals surface area contributed by atoms with E-state index in [2.05, 4.69) is 23.5 Å². The minimum absolute atomic E-state index is 0.0410. The fraction of sp³-hybridized carbons (Fsp3) is 0.667. The minimum atomic E-state index is -0.180. The quantitative estimate of drug-likeness (QED) is 0.773. The highest BCUT2D eigenvalue weighted by molar-refractivity contribution is 5.81. The van der Waals surface area contributed by atoms with Gasteiger partial charge in [0.2, 0.25) is 0 Å². The number of hydrogen-bond donors (Lipinski definition) is 1. The Bertz CT molecular complexity index is 736. The topological polar surface area (TPSA) is 55.4 Å². The van der Waals surface area contributed by atoms with Crippen molar-refractivity contribution in [3.05, 3.63) is 35.4 Å². The van der Waals surface area contributed by atoms with E-state index < -0.39 is 0 Å². The number of carbonyl (C=O) groups is 2. The maximum atomic E-state index is 12.5. The Morgan fingerprint density at radius 1 is 1.04 bits per heavy atom. The van der Waals surface area contributed by atoms with Crippen LogP contribution in [0.1, 0.15) is 75.0 Å². The molecule has 0 unspecified atom stereocenters. The Kier molecular flexibility index (Phi) is 4.68. The number of ether oxygens (including phenoxy) is 1. The van der Waals surface area contributed by atoms with Crippen LogP contribution in [0.2, 0.25) is 0 Å². The summed E-state index contributed by atoms with van der Waals surface area (Å²) in [6.07, 6.45) is 11.3. The van der Waals surface area contributed by atoms with Crippen molar-refractivity contribution in [2.24, 2.45) is 23.2 Å². The molecule has 1 amide bonds. The predicted octanol–water partition coefficient (Wildman–Crippen LogP) is 4.33. The fourth-order valence-corrected chi connectivity index (χ4v) is 7.15. The van der Waals surface area contributed by atoms with Gasteiger partial charge in [0, 0.05) is 0 Å². The third kappa shape index (κ3) is 3.58. The van der Waals surface area contributed by atoms with Crippen molar-refractivity contribution >= 4 is 11.9 Å². The number of aryl methyl sites for hydroxylation is 1. The van der Waals surface area contributed by atoms with Crippen molar-refractivity contribution in [1.82, 2.24) is 5.32 Å². The van der Waals surface area contributed by atoms with E-state index in [1.54, 1.807) is 0 Å². The van der Waals surface area contributed by atoms with E-state index in [9.17, 15) is 9.59 Å². The van der Waals surface area contributed by atoms with Crippen LogP contribution in [0, 0.1) is 23.2 Å². The van der Waals surface area contributed by atoms with E-state index in [0.717, 1.165) is 37.0 Å². The summed E-state index contributed by atoms with van der Waals surface area (Å²) in [5, 5.41) is 3.07. The Balaban J connectivity index is 1.13. The van der Waals surface area contributed by atoms with Crippen molar-refractivity contribution in [1.29, 1.82) is 0 Å². The zero-order valence-corrected chi connectivity index (χ0v) is 16.6. The van der Waals surface area contributed by atoms with E-state index in [4.69, 9.17) is 4.74 Å². The highest BCUT2D eigenvalue weighted by Crippen LogP contribution is 2.61. The summed E-state index contributed by atoms with van der Waals surface area (Å²) < 4.78 is 5.42. The lowest BCUT2D eigenvalue weighted by Gasteiger charge is -2.56. The van der Waals surface area contributed by atoms with Gasteiger partial charge in [0.25, 0.3) is 5.91 Å². The summed E-state index contributed by atoms with van der Waals surface area (Å²) in [7, 11) is 0. The number of fused-ring (bicyclic) bond motifs is 1. The van der Waals surface area contributed by atoms with Crippen LogP contribution in [0.4, 0.5) is 0 Å². The molecule has 4 fully saturated rings. The van der Waals surface area contributed by atoms with E-state index in [1.807, 2.05) is 6.07 Å². The molecule has 1 aromatic rings. The first-order valence-electron chi connectivity index (χ1n) is 11.1. The molecule has 0 heterocycles. The Morgan fingerprint density at radius 2 is 1.71 bits per heavy atom. The molecule has 5 aliphatic rings. The van der Waals surface area contributed by atoms with Gasteiger partial charge in [-0.3, -0.25) is 9.59 Å². The molecule has 4 bridgehead atoms. The monoisotopic (exact) mass is 381 g/mol. The number of carbonyl (C=O) groups excluding carboxylic acids is 2. The van der Waals surface area contributed by atoms with Gasteiger partial charge < -0.3 is 10.1 Å². The number of nitrogens with one attached hydrogen (secondary N) is 1. The normalized spacial score (nSPS) is 35.3. The summed E-state index contributed by atoms with van der Waals surface area (Å²) >= 11 is 0. The van der Waals surface area contributed by atoms with Crippen LogP contribution >= 0.6 is 0 Å². The zero-order valence-electron chi connectivity index (χ0n) is 16.6. The van der Waals surface area contributed by atoms with E-state index in [0.29, 0.717) is 6.42 Å². The van der Waals surface area contributed by atoms with Crippen LogP contribution in [0.3, 0.4) is 0 Å². The summed E-state index contributed by atoms with van der Waals surface area (Å²) in [5.41, 5.74) is 2.70. The Labute approximate surface area is 167 Å². The van der Waals surface area contributed by atoms with Crippen molar-refractivity contribution in [3.63, 3.8) is 0 Å². The van der Waals surface area contributed by atoms with Gasteiger partial charge in [0.15, 0.2) is 6.61 Å². The Morgan fingerprint density at radius 3 is 2.43 bits per heavy atom. The molecule has 28 heavy (non-hydrogen) atoms. The molecule has 4 heteroatoms. The third-order valence-electron chi connectivity index (χ3n) is 7.75. The molecule has 5 aliphatic carbocycles. The maximum Gasteiger partial charge on any atom is 0.306 e. The average Bonchev–Trinajstić information content (AvgIpc) is 2.65. The molecule has 4 nitrogen and oxygen atoms in total. The van der Waals surface area contributed by atoms with Crippen LogP contribution in [0.25, 0.3) is 0 Å². The molecule has 0 radical (unpaired) electrons. The summed E-state index contributed by atoms with van der Waals surface area (Å²) in [4.78, 5) is 24.9. The lowest BCUT2D eigenvalue weighted by atomic mass is 9.49. The number of esters is 1. The lowest BCUT2D eigenvalue weighted by molar-refractivity contribution is -0.155. The number of rotatable bonds is 5. The van der Waals surface area contributed by atoms with Crippen LogP contribution in [0.15, 0.2) is 24.3 Å². The first-order chi connectivity index (χ1) is 13.6. The van der Waals surface area contributed by atoms with Crippen molar-refractivity contribution in [3.8, 4) is 0 Å². The van der Waals surface area contributed by atoms with Crippen LogP contribution in [-0.2, 0) is 20.7 Å². The van der Waals surface area contributed by atoms with Crippen LogP contribution < -0.4 is 5.32 Å². The average molecular weight is 382 g/mol. The molecule has 1 atom stereocenters. The Hall–Kier alpha value is -1.84. The van der Waals surface area contributed by atoms with Gasteiger partial charge in [-0.1, -0.05) is 24.3 Å². The molecule has 4 saturated carbocycles.